The van der Waals surface area contributed by atoms with Crippen molar-refractivity contribution < 1.29 is 4.79 Å². The summed E-state index contributed by atoms with van der Waals surface area (Å²) in [6.07, 6.45) is 0.977. The number of rotatable bonds is 5. The van der Waals surface area contributed by atoms with E-state index in [-0.39, 0.29) is 5.91 Å². The topological polar surface area (TPSA) is 58.4 Å². The van der Waals surface area contributed by atoms with Crippen molar-refractivity contribution in [3.63, 3.8) is 0 Å². The lowest BCUT2D eigenvalue weighted by Gasteiger charge is -2.26. The maximum Gasteiger partial charge on any atom is 0.239 e. The number of anilines is 2. The fourth-order valence-electron chi connectivity index (χ4n) is 1.91. The minimum absolute atomic E-state index is 0.00102. The smallest absolute Gasteiger partial charge is 0.239 e. The van der Waals surface area contributed by atoms with Crippen molar-refractivity contribution in [3.8, 4) is 0 Å². The molecule has 0 bridgehead atoms. The summed E-state index contributed by atoms with van der Waals surface area (Å²) in [6, 6.07) is 5.81. The highest BCUT2D eigenvalue weighted by atomic mass is 16.1. The summed E-state index contributed by atoms with van der Waals surface area (Å²) < 4.78 is 0. The van der Waals surface area contributed by atoms with Gasteiger partial charge in [-0.2, -0.15) is 0 Å². The van der Waals surface area contributed by atoms with Crippen LogP contribution in [-0.2, 0) is 4.79 Å². The Bertz CT molecular complexity index is 370. The number of nitrogens with two attached hydrogens (primary N) is 1. The minimum Gasteiger partial charge on any atom is -0.397 e. The van der Waals surface area contributed by atoms with E-state index in [0.717, 1.165) is 29.9 Å². The second kappa shape index (κ2) is 6.13. The SMILES string of the molecule is CCCN(CC(=O)NC)c1c(C)cccc1N. The van der Waals surface area contributed by atoms with E-state index in [1.165, 1.54) is 0 Å². The summed E-state index contributed by atoms with van der Waals surface area (Å²) in [4.78, 5) is 13.5. The first-order valence-electron chi connectivity index (χ1n) is 5.90. The number of aryl methyl sites for hydroxylation is 1. The maximum atomic E-state index is 11.5. The van der Waals surface area contributed by atoms with Crippen LogP contribution in [0.15, 0.2) is 18.2 Å². The van der Waals surface area contributed by atoms with Crippen LogP contribution in [0.4, 0.5) is 11.4 Å². The number of carbonyl (C=O) groups is 1. The van der Waals surface area contributed by atoms with Crippen molar-refractivity contribution in [1.82, 2.24) is 5.32 Å². The van der Waals surface area contributed by atoms with Gasteiger partial charge in [-0.15, -0.1) is 0 Å². The van der Waals surface area contributed by atoms with E-state index in [9.17, 15) is 4.79 Å². The van der Waals surface area contributed by atoms with Gasteiger partial charge in [0.1, 0.15) is 0 Å². The van der Waals surface area contributed by atoms with E-state index in [4.69, 9.17) is 5.73 Å². The molecule has 0 aromatic heterocycles. The Kier molecular flexibility index (Phi) is 4.82. The van der Waals surface area contributed by atoms with Crippen LogP contribution in [0.5, 0.6) is 0 Å². The molecular weight excluding hydrogens is 214 g/mol. The summed E-state index contributed by atoms with van der Waals surface area (Å²) in [7, 11) is 1.65. The highest BCUT2D eigenvalue weighted by Crippen LogP contribution is 2.27. The number of likely N-dealkylation sites (N-methyl/N-ethyl adjacent to an activating group) is 1. The third-order valence-corrected chi connectivity index (χ3v) is 2.69. The first kappa shape index (κ1) is 13.4. The first-order chi connectivity index (χ1) is 8.10. The second-order valence-corrected chi connectivity index (χ2v) is 4.11. The van der Waals surface area contributed by atoms with Crippen LogP contribution < -0.4 is 16.0 Å². The van der Waals surface area contributed by atoms with Crippen LogP contribution in [0.3, 0.4) is 0 Å². The molecule has 1 rings (SSSR count). The molecule has 0 spiro atoms. The Labute approximate surface area is 103 Å². The summed E-state index contributed by atoms with van der Waals surface area (Å²) in [5.41, 5.74) is 8.79. The molecule has 3 N–H and O–H groups in total. The Morgan fingerprint density at radius 1 is 1.47 bits per heavy atom. The van der Waals surface area contributed by atoms with Crippen LogP contribution >= 0.6 is 0 Å². The van der Waals surface area contributed by atoms with Gasteiger partial charge >= 0.3 is 0 Å². The molecule has 94 valence electrons. The van der Waals surface area contributed by atoms with Gasteiger partial charge in [0.2, 0.25) is 5.91 Å². The molecule has 4 heteroatoms. The van der Waals surface area contributed by atoms with Crippen molar-refractivity contribution >= 4 is 17.3 Å². The monoisotopic (exact) mass is 235 g/mol. The zero-order valence-corrected chi connectivity index (χ0v) is 10.8. The van der Waals surface area contributed by atoms with Gasteiger partial charge in [0, 0.05) is 13.6 Å². The van der Waals surface area contributed by atoms with Crippen molar-refractivity contribution in [2.75, 3.05) is 30.8 Å². The second-order valence-electron chi connectivity index (χ2n) is 4.11. The molecule has 4 nitrogen and oxygen atoms in total. The van der Waals surface area contributed by atoms with Crippen molar-refractivity contribution in [2.45, 2.75) is 20.3 Å². The summed E-state index contributed by atoms with van der Waals surface area (Å²) >= 11 is 0. The number of para-hydroxylation sites is 1. The predicted molar refractivity (Wildman–Crippen MR) is 72.2 cm³/mol. The molecule has 1 aromatic carbocycles. The third-order valence-electron chi connectivity index (χ3n) is 2.69. The number of carbonyl (C=O) groups excluding carboxylic acids is 1. The van der Waals surface area contributed by atoms with E-state index in [0.29, 0.717) is 6.54 Å². The van der Waals surface area contributed by atoms with Crippen molar-refractivity contribution in [1.29, 1.82) is 0 Å². The Morgan fingerprint density at radius 3 is 2.71 bits per heavy atom. The van der Waals surface area contributed by atoms with Gasteiger partial charge < -0.3 is 16.0 Å². The molecule has 0 fully saturated rings. The van der Waals surface area contributed by atoms with E-state index in [2.05, 4.69) is 12.2 Å². The molecule has 0 atom stereocenters. The molecule has 1 aromatic rings. The lowest BCUT2D eigenvalue weighted by Crippen LogP contribution is -2.36. The summed E-state index contributed by atoms with van der Waals surface area (Å²) in [5, 5.41) is 2.64. The number of hydrogen-bond donors (Lipinski definition) is 2. The Hall–Kier alpha value is -1.71. The van der Waals surface area contributed by atoms with E-state index in [1.54, 1.807) is 7.05 Å². The average molecular weight is 235 g/mol. The van der Waals surface area contributed by atoms with Crippen LogP contribution in [-0.4, -0.2) is 26.0 Å². The molecule has 0 aliphatic carbocycles. The molecule has 0 radical (unpaired) electrons. The lowest BCUT2D eigenvalue weighted by molar-refractivity contribution is -0.119. The van der Waals surface area contributed by atoms with Gasteiger partial charge in [0.25, 0.3) is 0 Å². The van der Waals surface area contributed by atoms with Gasteiger partial charge in [-0.05, 0) is 25.0 Å². The molecule has 0 saturated heterocycles. The van der Waals surface area contributed by atoms with Crippen LogP contribution in [0.1, 0.15) is 18.9 Å². The van der Waals surface area contributed by atoms with E-state index in [1.807, 2.05) is 30.0 Å². The van der Waals surface area contributed by atoms with Gasteiger partial charge in [-0.25, -0.2) is 0 Å². The predicted octanol–water partition coefficient (Wildman–Crippen LogP) is 1.54. The Balaban J connectivity index is 3.00. The fraction of sp³-hybridized carbons (Fsp3) is 0.462. The molecule has 0 aliphatic rings. The zero-order chi connectivity index (χ0) is 12.8. The maximum absolute atomic E-state index is 11.5. The molecule has 1 amide bonds. The molecular formula is C13H21N3O. The first-order valence-corrected chi connectivity index (χ1v) is 5.90. The highest BCUT2D eigenvalue weighted by Gasteiger charge is 2.14. The Morgan fingerprint density at radius 2 is 2.18 bits per heavy atom. The highest BCUT2D eigenvalue weighted by molar-refractivity contribution is 5.83. The van der Waals surface area contributed by atoms with Crippen LogP contribution in [0.25, 0.3) is 0 Å². The number of hydrogen-bond acceptors (Lipinski definition) is 3. The lowest BCUT2D eigenvalue weighted by atomic mass is 10.1. The normalized spacial score (nSPS) is 10.1. The molecule has 0 saturated carbocycles. The zero-order valence-electron chi connectivity index (χ0n) is 10.8. The van der Waals surface area contributed by atoms with Crippen molar-refractivity contribution in [2.24, 2.45) is 0 Å². The number of nitrogen functional groups attached to an aromatic ring is 1. The number of benzene rings is 1. The van der Waals surface area contributed by atoms with Gasteiger partial charge in [-0.3, -0.25) is 4.79 Å². The quantitative estimate of drug-likeness (QED) is 0.761. The molecule has 0 heterocycles. The minimum atomic E-state index is 0.00102. The summed E-state index contributed by atoms with van der Waals surface area (Å²) in [6.45, 7) is 5.27. The van der Waals surface area contributed by atoms with E-state index < -0.39 is 0 Å². The van der Waals surface area contributed by atoms with Gasteiger partial charge in [-0.1, -0.05) is 19.1 Å². The van der Waals surface area contributed by atoms with Crippen LogP contribution in [0.2, 0.25) is 0 Å². The van der Waals surface area contributed by atoms with Crippen LogP contribution in [0, 0.1) is 6.92 Å². The molecule has 17 heavy (non-hydrogen) atoms. The molecule has 0 unspecified atom stereocenters. The largest absolute Gasteiger partial charge is 0.397 e. The number of nitrogens with one attached hydrogen (secondary N) is 1. The van der Waals surface area contributed by atoms with E-state index >= 15 is 0 Å². The third kappa shape index (κ3) is 3.37. The van der Waals surface area contributed by atoms with Gasteiger partial charge in [0.15, 0.2) is 0 Å². The number of amides is 1. The standard InChI is InChI=1S/C13H21N3O/c1-4-8-16(9-12(17)15-3)13-10(2)6-5-7-11(13)14/h5-7H,4,8-9,14H2,1-3H3,(H,15,17). The molecule has 0 aliphatic heterocycles. The average Bonchev–Trinajstić information content (AvgIpc) is 2.28. The fourth-order valence-corrected chi connectivity index (χ4v) is 1.91. The number of nitrogens with zero attached hydrogens (tertiary/aromatic N) is 1. The van der Waals surface area contributed by atoms with Gasteiger partial charge in [0.05, 0.1) is 17.9 Å². The summed E-state index contributed by atoms with van der Waals surface area (Å²) in [5.74, 6) is 0.00102. The van der Waals surface area contributed by atoms with Crippen molar-refractivity contribution in [3.05, 3.63) is 23.8 Å².